The molecule has 31 heavy (non-hydrogen) atoms. The van der Waals surface area contributed by atoms with Gasteiger partial charge in [0.15, 0.2) is 0 Å². The Labute approximate surface area is 194 Å². The van der Waals surface area contributed by atoms with E-state index in [1.807, 2.05) is 36.6 Å². The molecule has 2 N–H and O–H groups in total. The average molecular weight is 478 g/mol. The first-order valence-corrected chi connectivity index (χ1v) is 10.4. The van der Waals surface area contributed by atoms with Gasteiger partial charge >= 0.3 is 11.8 Å². The number of amides is 2. The largest absolute Gasteiger partial charge is 0.329 e. The van der Waals surface area contributed by atoms with Crippen LogP contribution in [0.4, 0.5) is 5.69 Å². The van der Waals surface area contributed by atoms with Crippen LogP contribution < -0.4 is 10.7 Å². The molecule has 0 aliphatic carbocycles. The third-order valence-corrected chi connectivity index (χ3v) is 5.70. The Morgan fingerprint density at radius 3 is 2.45 bits per heavy atom. The monoisotopic (exact) mass is 476 g/mol. The van der Waals surface area contributed by atoms with Gasteiger partial charge in [0.05, 0.1) is 21.9 Å². The number of nitrogens with zero attached hydrogens (tertiary/aromatic N) is 2. The van der Waals surface area contributed by atoms with Crippen molar-refractivity contribution in [2.45, 2.75) is 20.8 Å². The van der Waals surface area contributed by atoms with E-state index in [-0.39, 0.29) is 0 Å². The molecule has 0 aliphatic heterocycles. The molecule has 0 saturated heterocycles. The maximum Gasteiger partial charge on any atom is 0.329 e. The fourth-order valence-corrected chi connectivity index (χ4v) is 3.72. The number of carbonyl (C=O) groups excluding carboxylic acids is 2. The Morgan fingerprint density at radius 1 is 1.00 bits per heavy atom. The van der Waals surface area contributed by atoms with E-state index in [1.54, 1.807) is 31.2 Å². The molecule has 1 aromatic heterocycles. The number of benzene rings is 2. The molecule has 0 spiro atoms. The van der Waals surface area contributed by atoms with Crippen LogP contribution in [-0.4, -0.2) is 22.6 Å². The second kappa shape index (κ2) is 9.56. The molecule has 2 aromatic carbocycles. The molecule has 2 amide bonds. The van der Waals surface area contributed by atoms with Crippen LogP contribution in [0.3, 0.4) is 0 Å². The summed E-state index contributed by atoms with van der Waals surface area (Å²) in [5.41, 5.74) is 6.72. The predicted octanol–water partition coefficient (Wildman–Crippen LogP) is 5.45. The van der Waals surface area contributed by atoms with Gasteiger partial charge < -0.3 is 9.88 Å². The van der Waals surface area contributed by atoms with E-state index in [0.717, 1.165) is 28.2 Å². The molecule has 0 bridgehead atoms. The Morgan fingerprint density at radius 2 is 1.74 bits per heavy atom. The number of aromatic nitrogens is 1. The number of halogens is 3. The number of hydrogen-bond donors (Lipinski definition) is 2. The minimum absolute atomic E-state index is 0.442. The topological polar surface area (TPSA) is 75.5 Å². The third kappa shape index (κ3) is 5.10. The van der Waals surface area contributed by atoms with E-state index in [2.05, 4.69) is 15.8 Å². The zero-order chi connectivity index (χ0) is 22.7. The van der Waals surface area contributed by atoms with Crippen molar-refractivity contribution in [3.63, 3.8) is 0 Å². The van der Waals surface area contributed by atoms with Crippen LogP contribution in [0.1, 0.15) is 22.5 Å². The molecule has 1 heterocycles. The average Bonchev–Trinajstić information content (AvgIpc) is 2.99. The second-order valence-electron chi connectivity index (χ2n) is 6.85. The number of anilines is 1. The first-order valence-electron chi connectivity index (χ1n) is 9.23. The van der Waals surface area contributed by atoms with Gasteiger partial charge in [-0.25, -0.2) is 5.43 Å². The Bertz CT molecular complexity index is 1200. The molecule has 3 rings (SSSR count). The molecular formula is C22H19Cl3N4O2. The van der Waals surface area contributed by atoms with Crippen LogP contribution in [0.15, 0.2) is 47.6 Å². The van der Waals surface area contributed by atoms with Crippen molar-refractivity contribution >= 4 is 58.5 Å². The summed E-state index contributed by atoms with van der Waals surface area (Å²) < 4.78 is 1.94. The van der Waals surface area contributed by atoms with Crippen LogP contribution in [-0.2, 0) is 9.59 Å². The van der Waals surface area contributed by atoms with Gasteiger partial charge in [-0.15, -0.1) is 0 Å². The molecule has 0 aliphatic rings. The van der Waals surface area contributed by atoms with Crippen LogP contribution in [0.2, 0.25) is 15.1 Å². The molecule has 0 saturated carbocycles. The highest BCUT2D eigenvalue weighted by molar-refractivity contribution is 6.43. The first-order chi connectivity index (χ1) is 14.7. The fraction of sp³-hybridized carbons (Fsp3) is 0.136. The Hall–Kier alpha value is -2.80. The summed E-state index contributed by atoms with van der Waals surface area (Å²) in [5, 5.41) is 7.88. The van der Waals surface area contributed by atoms with Crippen molar-refractivity contribution in [3.8, 4) is 5.69 Å². The minimum atomic E-state index is -0.891. The summed E-state index contributed by atoms with van der Waals surface area (Å²) >= 11 is 18.4. The summed E-state index contributed by atoms with van der Waals surface area (Å²) in [5.74, 6) is -1.73. The highest BCUT2D eigenvalue weighted by atomic mass is 35.5. The van der Waals surface area contributed by atoms with Crippen LogP contribution in [0.5, 0.6) is 0 Å². The van der Waals surface area contributed by atoms with Crippen molar-refractivity contribution in [2.75, 3.05) is 5.32 Å². The number of hydrogen-bond acceptors (Lipinski definition) is 3. The van der Waals surface area contributed by atoms with Gasteiger partial charge in [-0.1, -0.05) is 40.9 Å². The highest BCUT2D eigenvalue weighted by Gasteiger charge is 2.16. The van der Waals surface area contributed by atoms with Crippen molar-refractivity contribution in [3.05, 3.63) is 80.0 Å². The van der Waals surface area contributed by atoms with Gasteiger partial charge in [-0.3, -0.25) is 9.59 Å². The normalized spacial score (nSPS) is 11.0. The summed E-state index contributed by atoms with van der Waals surface area (Å²) in [6.45, 7) is 5.59. The molecule has 160 valence electrons. The van der Waals surface area contributed by atoms with Gasteiger partial charge in [0.25, 0.3) is 0 Å². The quantitative estimate of drug-likeness (QED) is 0.298. The zero-order valence-electron chi connectivity index (χ0n) is 17.0. The van der Waals surface area contributed by atoms with Crippen LogP contribution >= 0.6 is 34.8 Å². The van der Waals surface area contributed by atoms with Gasteiger partial charge in [0.1, 0.15) is 0 Å². The Balaban J connectivity index is 1.72. The number of aryl methyl sites for hydroxylation is 2. The van der Waals surface area contributed by atoms with Crippen LogP contribution in [0, 0.1) is 20.8 Å². The number of carbonyl (C=O) groups is 2. The molecule has 0 fully saturated rings. The smallest absolute Gasteiger partial charge is 0.317 e. The fourth-order valence-electron chi connectivity index (χ4n) is 3.11. The molecule has 0 unspecified atom stereocenters. The predicted molar refractivity (Wildman–Crippen MR) is 126 cm³/mol. The summed E-state index contributed by atoms with van der Waals surface area (Å²) in [6, 6.07) is 12.2. The lowest BCUT2D eigenvalue weighted by atomic mass is 10.2. The zero-order valence-corrected chi connectivity index (χ0v) is 19.2. The molecule has 6 nitrogen and oxygen atoms in total. The number of nitrogens with one attached hydrogen (secondary N) is 2. The SMILES string of the molecule is Cc1cc(Cl)ccc1NC(=O)C(=O)N/N=C\c1cc(C)n(-c2cccc(Cl)c2Cl)c1C. The standard InChI is InChI=1S/C22H19Cl3N4O2/c1-12-9-16(23)7-8-18(12)27-21(30)22(31)28-26-11-15-10-13(2)29(14(15)3)19-6-4-5-17(24)20(19)25/h4-11H,1-3H3,(H,27,30)(H,28,31)/b26-11-. The van der Waals surface area contributed by atoms with E-state index in [1.165, 1.54) is 6.21 Å². The Kier molecular flexibility index (Phi) is 7.05. The van der Waals surface area contributed by atoms with Crippen molar-refractivity contribution < 1.29 is 9.59 Å². The lowest BCUT2D eigenvalue weighted by Crippen LogP contribution is -2.32. The van der Waals surface area contributed by atoms with Gasteiger partial charge in [0, 0.05) is 27.7 Å². The first kappa shape index (κ1) is 22.9. The lowest BCUT2D eigenvalue weighted by Gasteiger charge is -2.12. The van der Waals surface area contributed by atoms with Crippen molar-refractivity contribution in [1.29, 1.82) is 0 Å². The van der Waals surface area contributed by atoms with Gasteiger partial charge in [0.2, 0.25) is 0 Å². The number of hydrazone groups is 1. The van der Waals surface area contributed by atoms with Gasteiger partial charge in [-0.2, -0.15) is 5.10 Å². The molecule has 3 aromatic rings. The maximum atomic E-state index is 12.1. The van der Waals surface area contributed by atoms with Crippen molar-refractivity contribution in [1.82, 2.24) is 9.99 Å². The highest BCUT2D eigenvalue weighted by Crippen LogP contribution is 2.31. The summed E-state index contributed by atoms with van der Waals surface area (Å²) in [6.07, 6.45) is 1.47. The molecule has 0 radical (unpaired) electrons. The van der Waals surface area contributed by atoms with E-state index >= 15 is 0 Å². The van der Waals surface area contributed by atoms with E-state index in [0.29, 0.717) is 20.8 Å². The third-order valence-electron chi connectivity index (χ3n) is 4.66. The van der Waals surface area contributed by atoms with Gasteiger partial charge in [-0.05, 0) is 62.7 Å². The number of rotatable bonds is 4. The molecular weight excluding hydrogens is 459 g/mol. The van der Waals surface area contributed by atoms with E-state index in [9.17, 15) is 9.59 Å². The molecule has 9 heteroatoms. The minimum Gasteiger partial charge on any atom is -0.317 e. The van der Waals surface area contributed by atoms with Crippen molar-refractivity contribution in [2.24, 2.45) is 5.10 Å². The summed E-state index contributed by atoms with van der Waals surface area (Å²) in [7, 11) is 0. The molecule has 0 atom stereocenters. The maximum absolute atomic E-state index is 12.1. The summed E-state index contributed by atoms with van der Waals surface area (Å²) in [4.78, 5) is 24.2. The van der Waals surface area contributed by atoms with E-state index in [4.69, 9.17) is 34.8 Å². The van der Waals surface area contributed by atoms with Crippen LogP contribution in [0.25, 0.3) is 5.69 Å². The second-order valence-corrected chi connectivity index (χ2v) is 8.07. The lowest BCUT2D eigenvalue weighted by molar-refractivity contribution is -0.136. The van der Waals surface area contributed by atoms with E-state index < -0.39 is 11.8 Å².